The van der Waals surface area contributed by atoms with E-state index in [4.69, 9.17) is 31.2 Å². The van der Waals surface area contributed by atoms with Gasteiger partial charge in [0, 0.05) is 20.0 Å². The van der Waals surface area contributed by atoms with Crippen LogP contribution < -0.4 is 4.74 Å². The van der Waals surface area contributed by atoms with E-state index in [2.05, 4.69) is 4.98 Å². The topological polar surface area (TPSA) is 88.9 Å². The van der Waals surface area contributed by atoms with Crippen molar-refractivity contribution in [3.05, 3.63) is 16.9 Å². The van der Waals surface area contributed by atoms with Crippen molar-refractivity contribution < 1.29 is 28.5 Å². The number of hydrogen-bond acceptors (Lipinski definition) is 8. The van der Waals surface area contributed by atoms with Gasteiger partial charge in [0.05, 0.1) is 0 Å². The summed E-state index contributed by atoms with van der Waals surface area (Å²) in [4.78, 5) is 26.4. The van der Waals surface area contributed by atoms with E-state index in [0.717, 1.165) is 0 Å². The highest BCUT2D eigenvalue weighted by Crippen LogP contribution is 2.40. The van der Waals surface area contributed by atoms with Crippen molar-refractivity contribution in [1.29, 1.82) is 0 Å². The molecule has 0 aromatic carbocycles. The predicted octanol–water partition coefficient (Wildman–Crippen LogP) is 0.766. The summed E-state index contributed by atoms with van der Waals surface area (Å²) in [6.07, 6.45) is -0.672. The fourth-order valence-corrected chi connectivity index (χ4v) is 2.66. The monoisotopic (exact) mass is 326 g/mol. The van der Waals surface area contributed by atoms with E-state index in [1.165, 1.54) is 13.8 Å². The van der Waals surface area contributed by atoms with Crippen molar-refractivity contribution >= 4 is 24.2 Å². The SMILES string of the molecule is CC(=O)OCC1OC2C(Oc3nc(=S)ccn32)C1OC(C)=O. The second kappa shape index (κ2) is 5.65. The van der Waals surface area contributed by atoms with Crippen LogP contribution in [0.1, 0.15) is 20.1 Å². The number of carbonyl (C=O) groups excluding carboxylic acids is 2. The molecule has 0 amide bonds. The Morgan fingerprint density at radius 1 is 1.41 bits per heavy atom. The molecule has 0 saturated carbocycles. The van der Waals surface area contributed by atoms with Gasteiger partial charge in [-0.1, -0.05) is 12.2 Å². The van der Waals surface area contributed by atoms with Crippen molar-refractivity contribution in [3.8, 4) is 6.01 Å². The molecule has 1 aromatic heterocycles. The Hall–Kier alpha value is -2.00. The zero-order valence-electron chi connectivity index (χ0n) is 11.9. The number of ether oxygens (including phenoxy) is 4. The normalized spacial score (nSPS) is 28.5. The van der Waals surface area contributed by atoms with Crippen LogP contribution in [0.5, 0.6) is 6.01 Å². The first kappa shape index (κ1) is 14.9. The lowest BCUT2D eigenvalue weighted by molar-refractivity contribution is -0.157. The maximum Gasteiger partial charge on any atom is 0.303 e. The molecule has 3 rings (SSSR count). The quantitative estimate of drug-likeness (QED) is 0.594. The maximum atomic E-state index is 11.3. The molecule has 0 aliphatic carbocycles. The predicted molar refractivity (Wildman–Crippen MR) is 73.6 cm³/mol. The largest absolute Gasteiger partial charge is 0.463 e. The van der Waals surface area contributed by atoms with Crippen molar-refractivity contribution in [2.45, 2.75) is 38.4 Å². The van der Waals surface area contributed by atoms with Crippen LogP contribution >= 0.6 is 12.2 Å². The number of rotatable bonds is 3. The van der Waals surface area contributed by atoms with Gasteiger partial charge in [-0.15, -0.1) is 0 Å². The minimum absolute atomic E-state index is 0.0217. The van der Waals surface area contributed by atoms with Gasteiger partial charge >= 0.3 is 11.9 Å². The molecule has 0 radical (unpaired) electrons. The highest BCUT2D eigenvalue weighted by atomic mass is 32.1. The number of hydrogen-bond donors (Lipinski definition) is 0. The summed E-state index contributed by atoms with van der Waals surface area (Å²) < 4.78 is 23.8. The Balaban J connectivity index is 1.84. The molecule has 22 heavy (non-hydrogen) atoms. The lowest BCUT2D eigenvalue weighted by Crippen LogP contribution is -2.39. The van der Waals surface area contributed by atoms with Gasteiger partial charge in [0.15, 0.2) is 18.4 Å². The Labute approximate surface area is 130 Å². The molecule has 2 aliphatic heterocycles. The first-order valence-corrected chi connectivity index (χ1v) is 7.08. The van der Waals surface area contributed by atoms with Gasteiger partial charge in [-0.05, 0) is 6.07 Å². The van der Waals surface area contributed by atoms with Crippen LogP contribution in [0.4, 0.5) is 0 Å². The third kappa shape index (κ3) is 2.69. The van der Waals surface area contributed by atoms with E-state index in [0.29, 0.717) is 10.7 Å². The van der Waals surface area contributed by atoms with E-state index in [1.807, 2.05) is 0 Å². The van der Waals surface area contributed by atoms with E-state index < -0.39 is 36.5 Å². The molecule has 4 atom stereocenters. The summed E-state index contributed by atoms with van der Waals surface area (Å²) in [6, 6.07) is 1.96. The molecule has 2 aliphatic rings. The van der Waals surface area contributed by atoms with Gasteiger partial charge in [-0.2, -0.15) is 4.98 Å². The Morgan fingerprint density at radius 3 is 2.86 bits per heavy atom. The van der Waals surface area contributed by atoms with Crippen molar-refractivity contribution in [2.24, 2.45) is 0 Å². The molecule has 118 valence electrons. The van der Waals surface area contributed by atoms with Crippen molar-refractivity contribution in [1.82, 2.24) is 9.55 Å². The molecular weight excluding hydrogens is 312 g/mol. The smallest absolute Gasteiger partial charge is 0.303 e. The summed E-state index contributed by atoms with van der Waals surface area (Å²) in [7, 11) is 0. The summed E-state index contributed by atoms with van der Waals surface area (Å²) in [5.41, 5.74) is 0. The molecule has 9 heteroatoms. The van der Waals surface area contributed by atoms with Crippen LogP contribution in [0.15, 0.2) is 12.3 Å². The Kier molecular flexibility index (Phi) is 3.83. The molecule has 0 N–H and O–H groups in total. The van der Waals surface area contributed by atoms with Gasteiger partial charge in [-0.25, -0.2) is 0 Å². The standard InChI is InChI=1S/C13H14N2O6S/c1-6(16)18-5-8-10(19-7(2)17)11-12(20-8)15-4-3-9(22)14-13(15)21-11/h3-4,8,10-12H,5H2,1-2H3. The molecule has 1 aromatic rings. The van der Waals surface area contributed by atoms with Gasteiger partial charge in [0.2, 0.25) is 0 Å². The minimum Gasteiger partial charge on any atom is -0.463 e. The lowest BCUT2D eigenvalue weighted by Gasteiger charge is -2.20. The average molecular weight is 326 g/mol. The van der Waals surface area contributed by atoms with Crippen molar-refractivity contribution in [3.63, 3.8) is 0 Å². The molecule has 8 nitrogen and oxygen atoms in total. The molecule has 0 spiro atoms. The number of aromatic nitrogens is 2. The molecule has 1 fully saturated rings. The van der Waals surface area contributed by atoms with Crippen LogP contribution in [0, 0.1) is 4.64 Å². The van der Waals surface area contributed by atoms with Gasteiger partial charge < -0.3 is 18.9 Å². The number of fused-ring (bicyclic) bond motifs is 3. The maximum absolute atomic E-state index is 11.3. The minimum atomic E-state index is -0.697. The van der Waals surface area contributed by atoms with E-state index in [9.17, 15) is 9.59 Å². The highest BCUT2D eigenvalue weighted by molar-refractivity contribution is 7.71. The third-order valence-corrected chi connectivity index (χ3v) is 3.59. The number of nitrogens with zero attached hydrogens (tertiary/aromatic N) is 2. The zero-order valence-corrected chi connectivity index (χ0v) is 12.7. The highest BCUT2D eigenvalue weighted by Gasteiger charge is 2.54. The second-order valence-corrected chi connectivity index (χ2v) is 5.40. The first-order valence-electron chi connectivity index (χ1n) is 6.67. The fraction of sp³-hybridized carbons (Fsp3) is 0.538. The van der Waals surface area contributed by atoms with E-state index in [-0.39, 0.29) is 6.61 Å². The Bertz CT molecular complexity index is 675. The van der Waals surface area contributed by atoms with E-state index in [1.54, 1.807) is 16.8 Å². The van der Waals surface area contributed by atoms with Crippen molar-refractivity contribution in [2.75, 3.05) is 6.61 Å². The van der Waals surface area contributed by atoms with Crippen LogP contribution in [0.2, 0.25) is 0 Å². The molecule has 3 heterocycles. The lowest BCUT2D eigenvalue weighted by atomic mass is 10.1. The first-order chi connectivity index (χ1) is 10.5. The molecule has 0 bridgehead atoms. The summed E-state index contributed by atoms with van der Waals surface area (Å²) in [5, 5.41) is 0. The third-order valence-electron chi connectivity index (χ3n) is 3.36. The molecule has 4 unspecified atom stereocenters. The van der Waals surface area contributed by atoms with Crippen LogP contribution in [-0.4, -0.2) is 46.4 Å². The number of carbonyl (C=O) groups is 2. The number of esters is 2. The van der Waals surface area contributed by atoms with Crippen LogP contribution in [0.3, 0.4) is 0 Å². The van der Waals surface area contributed by atoms with Gasteiger partial charge in [0.1, 0.15) is 17.4 Å². The van der Waals surface area contributed by atoms with Crippen LogP contribution in [0.25, 0.3) is 0 Å². The van der Waals surface area contributed by atoms with E-state index >= 15 is 0 Å². The summed E-state index contributed by atoms with van der Waals surface area (Å²) in [6.45, 7) is 2.57. The molecular formula is C13H14N2O6S. The average Bonchev–Trinajstić information content (AvgIpc) is 2.92. The fourth-order valence-electron chi connectivity index (χ4n) is 2.52. The summed E-state index contributed by atoms with van der Waals surface area (Å²) >= 11 is 4.99. The van der Waals surface area contributed by atoms with Gasteiger partial charge in [0.25, 0.3) is 6.01 Å². The van der Waals surface area contributed by atoms with Crippen LogP contribution in [-0.2, 0) is 23.8 Å². The molecule has 1 saturated heterocycles. The zero-order chi connectivity index (χ0) is 15.9. The second-order valence-electron chi connectivity index (χ2n) is 4.98. The Morgan fingerprint density at radius 2 is 2.18 bits per heavy atom. The summed E-state index contributed by atoms with van der Waals surface area (Å²) in [5.74, 6) is -0.905. The van der Waals surface area contributed by atoms with Gasteiger partial charge in [-0.3, -0.25) is 14.2 Å².